The highest BCUT2D eigenvalue weighted by Gasteiger charge is 2.14. The van der Waals surface area contributed by atoms with Crippen molar-refractivity contribution in [1.29, 1.82) is 0 Å². The van der Waals surface area contributed by atoms with E-state index in [9.17, 15) is 4.79 Å². The van der Waals surface area contributed by atoms with E-state index in [0.29, 0.717) is 23.4 Å². The zero-order valence-corrected chi connectivity index (χ0v) is 10.3. The van der Waals surface area contributed by atoms with E-state index in [0.717, 1.165) is 5.39 Å². The molecule has 18 heavy (non-hydrogen) atoms. The summed E-state index contributed by atoms with van der Waals surface area (Å²) < 4.78 is 4.97. The van der Waals surface area contributed by atoms with Crippen molar-refractivity contribution in [3.8, 4) is 0 Å². The van der Waals surface area contributed by atoms with Crippen LogP contribution in [0, 0.1) is 6.92 Å². The van der Waals surface area contributed by atoms with E-state index in [-0.39, 0.29) is 18.6 Å². The first-order valence-corrected chi connectivity index (χ1v) is 5.79. The van der Waals surface area contributed by atoms with Gasteiger partial charge in [0.1, 0.15) is 0 Å². The monoisotopic (exact) mass is 249 g/mol. The number of aromatic nitrogens is 2. The average molecular weight is 249 g/mol. The van der Waals surface area contributed by atoms with E-state index in [1.165, 1.54) is 6.20 Å². The van der Waals surface area contributed by atoms with Crippen LogP contribution in [0.15, 0.2) is 16.8 Å². The van der Waals surface area contributed by atoms with Crippen LogP contribution in [0.2, 0.25) is 0 Å². The molecule has 0 saturated heterocycles. The van der Waals surface area contributed by atoms with Crippen molar-refractivity contribution in [2.45, 2.75) is 26.3 Å². The normalized spacial score (nSPS) is 12.6. The van der Waals surface area contributed by atoms with Gasteiger partial charge in [0.05, 0.1) is 29.3 Å². The Hall–Kier alpha value is -1.95. The first kappa shape index (κ1) is 12.5. The minimum absolute atomic E-state index is 0.0792. The van der Waals surface area contributed by atoms with Gasteiger partial charge in [0.25, 0.3) is 11.6 Å². The topological polar surface area (TPSA) is 88.2 Å². The van der Waals surface area contributed by atoms with Gasteiger partial charge in [-0.15, -0.1) is 0 Å². The fourth-order valence-electron chi connectivity index (χ4n) is 1.61. The fraction of sp³-hybridized carbons (Fsp3) is 0.417. The highest BCUT2D eigenvalue weighted by Crippen LogP contribution is 2.16. The molecule has 0 aliphatic carbocycles. The second-order valence-electron chi connectivity index (χ2n) is 4.11. The number of hydrogen-bond acceptors (Lipinski definition) is 5. The zero-order chi connectivity index (χ0) is 13.1. The predicted octanol–water partition coefficient (Wildman–Crippen LogP) is 1.03. The Morgan fingerprint density at radius 3 is 3.06 bits per heavy atom. The maximum absolute atomic E-state index is 11.9. The quantitative estimate of drug-likeness (QED) is 0.845. The van der Waals surface area contributed by atoms with Gasteiger partial charge in [-0.25, -0.2) is 4.98 Å². The van der Waals surface area contributed by atoms with Gasteiger partial charge in [-0.05, 0) is 19.4 Å². The summed E-state index contributed by atoms with van der Waals surface area (Å²) in [5.74, 6) is -0.258. The highest BCUT2D eigenvalue weighted by atomic mass is 16.5. The summed E-state index contributed by atoms with van der Waals surface area (Å²) in [6.45, 7) is 3.61. The summed E-state index contributed by atoms with van der Waals surface area (Å²) >= 11 is 0. The number of aliphatic hydroxyl groups is 1. The Labute approximate surface area is 104 Å². The van der Waals surface area contributed by atoms with Crippen LogP contribution in [0.25, 0.3) is 11.1 Å². The number of nitrogens with one attached hydrogen (secondary N) is 1. The summed E-state index contributed by atoms with van der Waals surface area (Å²) in [6.07, 6.45) is 2.11. The van der Waals surface area contributed by atoms with Crippen molar-refractivity contribution in [3.05, 3.63) is 23.5 Å². The van der Waals surface area contributed by atoms with Gasteiger partial charge >= 0.3 is 0 Å². The van der Waals surface area contributed by atoms with Gasteiger partial charge in [-0.3, -0.25) is 4.79 Å². The molecule has 1 amide bonds. The van der Waals surface area contributed by atoms with Gasteiger partial charge < -0.3 is 14.9 Å². The molecule has 0 fully saturated rings. The van der Waals surface area contributed by atoms with E-state index < -0.39 is 0 Å². The van der Waals surface area contributed by atoms with E-state index >= 15 is 0 Å². The molecular formula is C12H15N3O3. The Bertz CT molecular complexity index is 561. The van der Waals surface area contributed by atoms with Crippen molar-refractivity contribution >= 4 is 17.0 Å². The lowest BCUT2D eigenvalue weighted by Crippen LogP contribution is -2.36. The van der Waals surface area contributed by atoms with E-state index in [4.69, 9.17) is 9.63 Å². The number of pyridine rings is 1. The molecule has 2 rings (SSSR count). The second-order valence-corrected chi connectivity index (χ2v) is 4.11. The lowest BCUT2D eigenvalue weighted by atomic mass is 10.1. The number of carbonyl (C=O) groups is 1. The molecule has 0 saturated carbocycles. The number of amides is 1. The minimum atomic E-state index is -0.258. The summed E-state index contributed by atoms with van der Waals surface area (Å²) in [7, 11) is 0. The Kier molecular flexibility index (Phi) is 3.57. The van der Waals surface area contributed by atoms with Crippen molar-refractivity contribution in [3.63, 3.8) is 0 Å². The molecule has 0 aliphatic heterocycles. The van der Waals surface area contributed by atoms with Crippen LogP contribution in [0.4, 0.5) is 0 Å². The van der Waals surface area contributed by atoms with E-state index in [1.807, 2.05) is 6.92 Å². The molecule has 96 valence electrons. The third kappa shape index (κ3) is 2.33. The summed E-state index contributed by atoms with van der Waals surface area (Å²) in [5.41, 5.74) is 1.54. The van der Waals surface area contributed by atoms with Crippen LogP contribution in [0.5, 0.6) is 0 Å². The summed E-state index contributed by atoms with van der Waals surface area (Å²) in [4.78, 5) is 16.0. The number of hydrogen-bond donors (Lipinski definition) is 2. The summed E-state index contributed by atoms with van der Waals surface area (Å²) in [6, 6.07) is 1.45. The van der Waals surface area contributed by atoms with Gasteiger partial charge in [-0.2, -0.15) is 0 Å². The molecule has 0 aromatic carbocycles. The van der Waals surface area contributed by atoms with Crippen LogP contribution in [-0.4, -0.2) is 33.8 Å². The lowest BCUT2D eigenvalue weighted by Gasteiger charge is -2.13. The number of aryl methyl sites for hydroxylation is 1. The van der Waals surface area contributed by atoms with E-state index in [1.54, 1.807) is 13.0 Å². The lowest BCUT2D eigenvalue weighted by molar-refractivity contribution is 0.0915. The smallest absolute Gasteiger partial charge is 0.257 e. The Morgan fingerprint density at radius 2 is 2.39 bits per heavy atom. The zero-order valence-electron chi connectivity index (χ0n) is 10.3. The highest BCUT2D eigenvalue weighted by molar-refractivity contribution is 5.97. The molecule has 1 atom stereocenters. The van der Waals surface area contributed by atoms with Crippen molar-refractivity contribution in [1.82, 2.24) is 15.5 Å². The molecule has 2 N–H and O–H groups in total. The van der Waals surface area contributed by atoms with Crippen LogP contribution < -0.4 is 5.32 Å². The Balaban J connectivity index is 2.24. The van der Waals surface area contributed by atoms with Crippen LogP contribution >= 0.6 is 0 Å². The number of rotatable bonds is 4. The number of fused-ring (bicyclic) bond motifs is 1. The molecule has 6 nitrogen and oxygen atoms in total. The summed E-state index contributed by atoms with van der Waals surface area (Å²) in [5, 5.41) is 16.3. The molecule has 0 aliphatic rings. The third-order valence-corrected chi connectivity index (χ3v) is 2.82. The van der Waals surface area contributed by atoms with E-state index in [2.05, 4.69) is 15.5 Å². The van der Waals surface area contributed by atoms with Gasteiger partial charge in [0, 0.05) is 6.20 Å². The Morgan fingerprint density at radius 1 is 1.61 bits per heavy atom. The minimum Gasteiger partial charge on any atom is -0.394 e. The van der Waals surface area contributed by atoms with Crippen molar-refractivity contribution in [2.75, 3.05) is 6.61 Å². The third-order valence-electron chi connectivity index (χ3n) is 2.82. The first-order valence-electron chi connectivity index (χ1n) is 5.79. The molecule has 6 heteroatoms. The SMILES string of the molecule is CCC(CO)NC(=O)c1cnc2onc(C)c2c1. The fourth-order valence-corrected chi connectivity index (χ4v) is 1.61. The predicted molar refractivity (Wildman–Crippen MR) is 65.2 cm³/mol. The molecule has 2 heterocycles. The van der Waals surface area contributed by atoms with Gasteiger partial charge in [-0.1, -0.05) is 12.1 Å². The largest absolute Gasteiger partial charge is 0.394 e. The molecule has 2 aromatic heterocycles. The molecule has 0 bridgehead atoms. The standard InChI is InChI=1S/C12H15N3O3/c1-3-9(6-16)14-11(17)8-4-10-7(2)15-18-12(10)13-5-8/h4-5,9,16H,3,6H2,1-2H3,(H,14,17). The molecule has 2 aromatic rings. The average Bonchev–Trinajstić information content (AvgIpc) is 2.77. The number of nitrogens with zero attached hydrogens (tertiary/aromatic N) is 2. The maximum atomic E-state index is 11.9. The number of aliphatic hydroxyl groups excluding tert-OH is 1. The van der Waals surface area contributed by atoms with Gasteiger partial charge in [0.15, 0.2) is 0 Å². The number of carbonyl (C=O) groups excluding carboxylic acids is 1. The molecular weight excluding hydrogens is 234 g/mol. The van der Waals surface area contributed by atoms with Crippen LogP contribution in [0.1, 0.15) is 29.4 Å². The van der Waals surface area contributed by atoms with Crippen LogP contribution in [-0.2, 0) is 0 Å². The molecule has 0 spiro atoms. The van der Waals surface area contributed by atoms with Gasteiger partial charge in [0.2, 0.25) is 0 Å². The molecule has 1 unspecified atom stereocenters. The van der Waals surface area contributed by atoms with Crippen LogP contribution in [0.3, 0.4) is 0 Å². The molecule has 0 radical (unpaired) electrons. The van der Waals surface area contributed by atoms with Crippen molar-refractivity contribution in [2.24, 2.45) is 0 Å². The maximum Gasteiger partial charge on any atom is 0.257 e. The second kappa shape index (κ2) is 5.14. The van der Waals surface area contributed by atoms with Crippen molar-refractivity contribution < 1.29 is 14.4 Å². The first-order chi connectivity index (χ1) is 8.65.